The average Bonchev–Trinajstić information content (AvgIpc) is 3.32. The molecule has 0 bridgehead atoms. The van der Waals surface area contributed by atoms with E-state index in [1.165, 1.54) is 11.1 Å². The van der Waals surface area contributed by atoms with Crippen molar-refractivity contribution in [1.29, 1.82) is 0 Å². The maximum Gasteiger partial charge on any atom is 0.282 e. The van der Waals surface area contributed by atoms with Crippen LogP contribution >= 0.6 is 0 Å². The number of carbonyl (C=O) groups excluding carboxylic acids is 2. The molecule has 0 spiro atoms. The zero-order chi connectivity index (χ0) is 16.5. The van der Waals surface area contributed by atoms with Gasteiger partial charge in [-0.05, 0) is 37.1 Å². The van der Waals surface area contributed by atoms with E-state index in [4.69, 9.17) is 4.42 Å². The lowest BCUT2D eigenvalue weighted by Crippen LogP contribution is -2.35. The van der Waals surface area contributed by atoms with Crippen LogP contribution in [0, 0.1) is 0 Å². The second-order valence-electron chi connectivity index (χ2n) is 5.85. The molecule has 1 aromatic carbocycles. The summed E-state index contributed by atoms with van der Waals surface area (Å²) in [7, 11) is 0. The molecule has 4 rings (SSSR count). The Hall–Kier alpha value is -3.02. The maximum atomic E-state index is 12.5. The molecule has 2 amide bonds. The topological polar surface area (TPSA) is 65.8 Å². The van der Waals surface area contributed by atoms with E-state index < -0.39 is 5.91 Å². The van der Waals surface area contributed by atoms with Crippen LogP contribution in [-0.2, 0) is 9.59 Å². The van der Waals surface area contributed by atoms with Gasteiger partial charge in [-0.1, -0.05) is 18.2 Å². The highest BCUT2D eigenvalue weighted by Gasteiger charge is 2.34. The minimum Gasteiger partial charge on any atom is -0.441 e. The number of rotatable bonds is 3. The number of furan rings is 1. The molecule has 2 aromatic rings. The van der Waals surface area contributed by atoms with Gasteiger partial charge in [0.2, 0.25) is 0 Å². The van der Waals surface area contributed by atoms with Gasteiger partial charge in [-0.15, -0.1) is 0 Å². The van der Waals surface area contributed by atoms with Gasteiger partial charge >= 0.3 is 0 Å². The summed E-state index contributed by atoms with van der Waals surface area (Å²) in [6.45, 7) is 1.95. The lowest BCUT2D eigenvalue weighted by Gasteiger charge is -2.13. The summed E-state index contributed by atoms with van der Waals surface area (Å²) < 4.78 is 5.77. The number of nitrogens with one attached hydrogen (secondary N) is 1. The second kappa shape index (κ2) is 5.88. The summed E-state index contributed by atoms with van der Waals surface area (Å²) in [5.74, 6) is 0.476. The largest absolute Gasteiger partial charge is 0.441 e. The Morgan fingerprint density at radius 2 is 1.75 bits per heavy atom. The Morgan fingerprint density at radius 1 is 1.00 bits per heavy atom. The number of benzene rings is 1. The Balaban J connectivity index is 1.58. The Kier molecular flexibility index (Phi) is 3.57. The summed E-state index contributed by atoms with van der Waals surface area (Å²) in [4.78, 5) is 26.8. The number of anilines is 2. The van der Waals surface area contributed by atoms with Crippen molar-refractivity contribution in [3.63, 3.8) is 0 Å². The van der Waals surface area contributed by atoms with Gasteiger partial charge in [-0.25, -0.2) is 5.01 Å². The maximum absolute atomic E-state index is 12.5. The van der Waals surface area contributed by atoms with Crippen LogP contribution in [-0.4, -0.2) is 24.9 Å². The van der Waals surface area contributed by atoms with Crippen molar-refractivity contribution in [1.82, 2.24) is 5.43 Å². The van der Waals surface area contributed by atoms with E-state index in [1.54, 1.807) is 18.2 Å². The Bertz CT molecular complexity index is 804. The van der Waals surface area contributed by atoms with Crippen molar-refractivity contribution < 1.29 is 14.0 Å². The van der Waals surface area contributed by atoms with Gasteiger partial charge in [-0.2, -0.15) is 0 Å². The van der Waals surface area contributed by atoms with Crippen molar-refractivity contribution >= 4 is 29.5 Å². The van der Waals surface area contributed by atoms with E-state index >= 15 is 0 Å². The minimum atomic E-state index is -0.428. The van der Waals surface area contributed by atoms with Crippen molar-refractivity contribution in [2.45, 2.75) is 12.8 Å². The Morgan fingerprint density at radius 3 is 2.50 bits per heavy atom. The third kappa shape index (κ3) is 2.56. The predicted octanol–water partition coefficient (Wildman–Crippen LogP) is 2.34. The first-order chi connectivity index (χ1) is 11.7. The van der Waals surface area contributed by atoms with Crippen molar-refractivity contribution in [3.05, 3.63) is 53.8 Å². The Labute approximate surface area is 139 Å². The monoisotopic (exact) mass is 323 g/mol. The molecule has 0 radical (unpaired) electrons. The third-order valence-electron chi connectivity index (χ3n) is 4.22. The first-order valence-electron chi connectivity index (χ1n) is 7.99. The van der Waals surface area contributed by atoms with Crippen LogP contribution in [0.5, 0.6) is 0 Å². The van der Waals surface area contributed by atoms with Gasteiger partial charge in [0.25, 0.3) is 11.8 Å². The average molecular weight is 323 g/mol. The van der Waals surface area contributed by atoms with Gasteiger partial charge in [0, 0.05) is 19.2 Å². The molecule has 24 heavy (non-hydrogen) atoms. The van der Waals surface area contributed by atoms with E-state index in [-0.39, 0.29) is 11.5 Å². The van der Waals surface area contributed by atoms with Crippen LogP contribution in [0.25, 0.3) is 6.08 Å². The smallest absolute Gasteiger partial charge is 0.282 e. The standard InChI is InChI=1S/C18H17N3O3/c22-17-15(18(23)21(19-17)13-6-2-1-3-7-13)12-14-8-9-16(24-14)20-10-4-5-11-20/h1-3,6-9,12H,4-5,10-11H2,(H,19,22)/b15-12+. The van der Waals surface area contributed by atoms with E-state index in [9.17, 15) is 9.59 Å². The van der Waals surface area contributed by atoms with Crippen LogP contribution in [0.3, 0.4) is 0 Å². The highest BCUT2D eigenvalue weighted by atomic mass is 16.4. The van der Waals surface area contributed by atoms with Crippen LogP contribution < -0.4 is 15.3 Å². The molecule has 0 unspecified atom stereocenters. The molecule has 6 heteroatoms. The molecule has 0 saturated carbocycles. The normalized spacial score (nSPS) is 19.4. The van der Waals surface area contributed by atoms with Crippen molar-refractivity contribution in [3.8, 4) is 0 Å². The van der Waals surface area contributed by atoms with Gasteiger partial charge in [0.15, 0.2) is 5.88 Å². The van der Waals surface area contributed by atoms with Gasteiger partial charge < -0.3 is 9.32 Å². The lowest BCUT2D eigenvalue weighted by atomic mass is 10.2. The molecule has 6 nitrogen and oxygen atoms in total. The molecule has 2 aliphatic heterocycles. The van der Waals surface area contributed by atoms with E-state index in [0.717, 1.165) is 31.8 Å². The van der Waals surface area contributed by atoms with Crippen LogP contribution in [0.2, 0.25) is 0 Å². The molecule has 0 atom stereocenters. The fraction of sp³-hybridized carbons (Fsp3) is 0.222. The molecule has 2 saturated heterocycles. The summed E-state index contributed by atoms with van der Waals surface area (Å²) >= 11 is 0. The van der Waals surface area contributed by atoms with Crippen LogP contribution in [0.1, 0.15) is 18.6 Å². The summed E-state index contributed by atoms with van der Waals surface area (Å²) in [6, 6.07) is 12.7. The quantitative estimate of drug-likeness (QED) is 0.695. The lowest BCUT2D eigenvalue weighted by molar-refractivity contribution is -0.117. The molecule has 2 fully saturated rings. The van der Waals surface area contributed by atoms with Gasteiger partial charge in [-0.3, -0.25) is 15.0 Å². The fourth-order valence-electron chi connectivity index (χ4n) is 2.99. The SMILES string of the molecule is O=C1NN(c2ccccc2)C(=O)/C1=C/c1ccc(N2CCCC2)o1. The third-order valence-corrected chi connectivity index (χ3v) is 4.22. The molecule has 0 aliphatic carbocycles. The van der Waals surface area contributed by atoms with E-state index in [0.29, 0.717) is 11.4 Å². The van der Waals surface area contributed by atoms with Gasteiger partial charge in [0.05, 0.1) is 5.69 Å². The molecule has 3 heterocycles. The number of nitrogens with zero attached hydrogens (tertiary/aromatic N) is 2. The number of carbonyl (C=O) groups is 2. The number of amides is 2. The van der Waals surface area contributed by atoms with E-state index in [1.807, 2.05) is 24.3 Å². The molecular weight excluding hydrogens is 306 g/mol. The number of hydrazine groups is 1. The zero-order valence-electron chi connectivity index (χ0n) is 13.1. The molecular formula is C18H17N3O3. The van der Waals surface area contributed by atoms with Gasteiger partial charge in [0.1, 0.15) is 11.3 Å². The first-order valence-corrected chi connectivity index (χ1v) is 7.99. The summed E-state index contributed by atoms with van der Waals surface area (Å²) in [5, 5.41) is 1.25. The second-order valence-corrected chi connectivity index (χ2v) is 5.85. The molecule has 122 valence electrons. The minimum absolute atomic E-state index is 0.0705. The zero-order valence-corrected chi connectivity index (χ0v) is 13.1. The highest BCUT2D eigenvalue weighted by molar-refractivity contribution is 6.31. The van der Waals surface area contributed by atoms with Crippen LogP contribution in [0.4, 0.5) is 11.6 Å². The first kappa shape index (κ1) is 14.6. The fourth-order valence-corrected chi connectivity index (χ4v) is 2.99. The molecule has 2 aliphatic rings. The van der Waals surface area contributed by atoms with Crippen molar-refractivity contribution in [2.24, 2.45) is 0 Å². The summed E-state index contributed by atoms with van der Waals surface area (Å²) in [5.41, 5.74) is 3.27. The van der Waals surface area contributed by atoms with Crippen molar-refractivity contribution in [2.75, 3.05) is 23.0 Å². The number of hydrogen-bond donors (Lipinski definition) is 1. The van der Waals surface area contributed by atoms with E-state index in [2.05, 4.69) is 10.3 Å². The number of hydrogen-bond acceptors (Lipinski definition) is 4. The number of para-hydroxylation sites is 1. The highest BCUT2D eigenvalue weighted by Crippen LogP contribution is 2.26. The predicted molar refractivity (Wildman–Crippen MR) is 90.2 cm³/mol. The molecule has 1 N–H and O–H groups in total. The van der Waals surface area contributed by atoms with Crippen LogP contribution in [0.15, 0.2) is 52.5 Å². The summed E-state index contributed by atoms with van der Waals surface area (Å²) in [6.07, 6.45) is 3.81. The molecule has 1 aromatic heterocycles.